The Hall–Kier alpha value is 0.310. The van der Waals surface area contributed by atoms with Gasteiger partial charge in [-0.05, 0) is 36.6 Å². The monoisotopic (exact) mass is 191 g/mol. The zero-order valence-corrected chi connectivity index (χ0v) is 10.2. The minimum absolute atomic E-state index is 0.292. The highest BCUT2D eigenvalue weighted by Gasteiger charge is 2.08. The van der Waals surface area contributed by atoms with Gasteiger partial charge >= 0.3 is 0 Å². The molecule has 0 spiro atoms. The molecule has 0 saturated carbocycles. The van der Waals surface area contributed by atoms with E-state index in [0.29, 0.717) is 16.3 Å². The third kappa shape index (κ3) is 10.3. The summed E-state index contributed by atoms with van der Waals surface area (Å²) < 4.78 is 0. The molecule has 1 nitrogen and oxygen atoms in total. The van der Waals surface area contributed by atoms with Crippen LogP contribution in [0.4, 0.5) is 0 Å². The standard InChI is InChI=1S/C10H25NS/c1-10(2,3)6-7-11-8-9-12(4)5/h11-12H,6-9H2,1-5H3. The first kappa shape index (κ1) is 12.3. The summed E-state index contributed by atoms with van der Waals surface area (Å²) in [5, 5.41) is 3.49. The van der Waals surface area contributed by atoms with Crippen molar-refractivity contribution in [3.05, 3.63) is 0 Å². The van der Waals surface area contributed by atoms with E-state index in [1.54, 1.807) is 0 Å². The maximum Gasteiger partial charge on any atom is 0.00252 e. The third-order valence-corrected chi connectivity index (χ3v) is 2.91. The Morgan fingerprint density at radius 3 is 2.08 bits per heavy atom. The minimum Gasteiger partial charge on any atom is -0.316 e. The Balaban J connectivity index is 3.12. The Morgan fingerprint density at radius 2 is 1.67 bits per heavy atom. The number of thiol groups is 1. The smallest absolute Gasteiger partial charge is 0.00252 e. The SMILES string of the molecule is C[SH](C)CCNCCC(C)(C)C. The van der Waals surface area contributed by atoms with Gasteiger partial charge in [-0.2, -0.15) is 0 Å². The predicted molar refractivity (Wildman–Crippen MR) is 62.6 cm³/mol. The Morgan fingerprint density at radius 1 is 1.08 bits per heavy atom. The number of hydrogen-bond donors (Lipinski definition) is 2. The topological polar surface area (TPSA) is 12.0 Å². The van der Waals surface area contributed by atoms with Gasteiger partial charge in [-0.15, -0.1) is 0 Å². The van der Waals surface area contributed by atoms with E-state index in [1.165, 1.54) is 25.3 Å². The summed E-state index contributed by atoms with van der Waals surface area (Å²) in [4.78, 5) is 0. The van der Waals surface area contributed by atoms with Gasteiger partial charge in [-0.25, -0.2) is 0 Å². The van der Waals surface area contributed by atoms with Crippen molar-refractivity contribution in [2.45, 2.75) is 27.2 Å². The lowest BCUT2D eigenvalue weighted by molar-refractivity contribution is 0.369. The molecule has 1 N–H and O–H groups in total. The van der Waals surface area contributed by atoms with Crippen LogP contribution in [0.2, 0.25) is 0 Å². The zero-order chi connectivity index (χ0) is 9.61. The molecule has 0 atom stereocenters. The predicted octanol–water partition coefficient (Wildman–Crippen LogP) is 2.27. The van der Waals surface area contributed by atoms with Gasteiger partial charge in [0, 0.05) is 6.54 Å². The molecule has 0 amide bonds. The van der Waals surface area contributed by atoms with Crippen LogP contribution in [0.15, 0.2) is 0 Å². The fourth-order valence-corrected chi connectivity index (χ4v) is 1.50. The number of rotatable bonds is 5. The number of nitrogens with one attached hydrogen (secondary N) is 1. The normalized spacial score (nSPS) is 13.2. The average molecular weight is 191 g/mol. The summed E-state index contributed by atoms with van der Waals surface area (Å²) in [6.45, 7) is 9.26. The summed E-state index contributed by atoms with van der Waals surface area (Å²) in [6, 6.07) is 0. The van der Waals surface area contributed by atoms with Crippen LogP contribution in [0.5, 0.6) is 0 Å². The molecule has 0 aromatic carbocycles. The summed E-state index contributed by atoms with van der Waals surface area (Å²) >= 11 is 0. The van der Waals surface area contributed by atoms with Gasteiger partial charge in [-0.1, -0.05) is 20.8 Å². The fourth-order valence-electron chi connectivity index (χ4n) is 0.891. The molecule has 0 fully saturated rings. The lowest BCUT2D eigenvalue weighted by Gasteiger charge is -2.18. The summed E-state index contributed by atoms with van der Waals surface area (Å²) in [7, 11) is 0.292. The molecule has 0 heterocycles. The van der Waals surface area contributed by atoms with E-state index in [-0.39, 0.29) is 0 Å². The van der Waals surface area contributed by atoms with Crippen LogP contribution >= 0.6 is 10.9 Å². The molecule has 2 heteroatoms. The van der Waals surface area contributed by atoms with E-state index in [1.807, 2.05) is 0 Å². The van der Waals surface area contributed by atoms with Crippen molar-refractivity contribution in [2.75, 3.05) is 31.4 Å². The maximum absolute atomic E-state index is 3.49. The summed E-state index contributed by atoms with van der Waals surface area (Å²) in [5.74, 6) is 1.36. The molecule has 76 valence electrons. The third-order valence-electron chi connectivity index (χ3n) is 1.79. The Labute approximate surface area is 80.7 Å². The van der Waals surface area contributed by atoms with Crippen LogP contribution < -0.4 is 5.32 Å². The second kappa shape index (κ2) is 5.87. The van der Waals surface area contributed by atoms with E-state index in [9.17, 15) is 0 Å². The fraction of sp³-hybridized carbons (Fsp3) is 1.00. The maximum atomic E-state index is 3.49. The van der Waals surface area contributed by atoms with Gasteiger partial charge in [0.15, 0.2) is 0 Å². The largest absolute Gasteiger partial charge is 0.316 e. The number of hydrogen-bond acceptors (Lipinski definition) is 1. The summed E-state index contributed by atoms with van der Waals surface area (Å²) in [5.41, 5.74) is 0.482. The molecule has 0 radical (unpaired) electrons. The van der Waals surface area contributed by atoms with Gasteiger partial charge in [0.1, 0.15) is 0 Å². The first-order chi connectivity index (χ1) is 5.42. The van der Waals surface area contributed by atoms with E-state index in [2.05, 4.69) is 38.6 Å². The van der Waals surface area contributed by atoms with Gasteiger partial charge in [0.25, 0.3) is 0 Å². The van der Waals surface area contributed by atoms with Crippen LogP contribution in [-0.4, -0.2) is 31.4 Å². The first-order valence-electron chi connectivity index (χ1n) is 4.77. The highest BCUT2D eigenvalue weighted by Crippen LogP contribution is 2.17. The molecule has 0 aliphatic carbocycles. The van der Waals surface area contributed by atoms with Crippen molar-refractivity contribution >= 4 is 10.9 Å². The highest BCUT2D eigenvalue weighted by molar-refractivity contribution is 8.15. The van der Waals surface area contributed by atoms with E-state index >= 15 is 0 Å². The molecule has 12 heavy (non-hydrogen) atoms. The van der Waals surface area contributed by atoms with Crippen molar-refractivity contribution in [3.8, 4) is 0 Å². The quantitative estimate of drug-likeness (QED) is 0.502. The Bertz CT molecular complexity index is 105. The van der Waals surface area contributed by atoms with Crippen molar-refractivity contribution in [1.82, 2.24) is 5.32 Å². The molecule has 0 bridgehead atoms. The molecule has 0 aromatic rings. The van der Waals surface area contributed by atoms with E-state index < -0.39 is 0 Å². The van der Waals surface area contributed by atoms with Crippen molar-refractivity contribution < 1.29 is 0 Å². The molecular formula is C10H25NS. The van der Waals surface area contributed by atoms with Crippen LogP contribution in [-0.2, 0) is 0 Å². The van der Waals surface area contributed by atoms with Gasteiger partial charge in [-0.3, -0.25) is 10.9 Å². The van der Waals surface area contributed by atoms with E-state index in [0.717, 1.165) is 0 Å². The molecule has 0 unspecified atom stereocenters. The lowest BCUT2D eigenvalue weighted by atomic mass is 9.92. The average Bonchev–Trinajstić information content (AvgIpc) is 1.83. The second-order valence-corrected chi connectivity index (χ2v) is 7.47. The van der Waals surface area contributed by atoms with Gasteiger partial charge in [0.05, 0.1) is 0 Å². The molecule has 0 aromatic heterocycles. The minimum atomic E-state index is 0.292. The van der Waals surface area contributed by atoms with Crippen LogP contribution in [0.1, 0.15) is 27.2 Å². The van der Waals surface area contributed by atoms with Crippen LogP contribution in [0.25, 0.3) is 0 Å². The van der Waals surface area contributed by atoms with Crippen LogP contribution in [0.3, 0.4) is 0 Å². The molecule has 0 rings (SSSR count). The molecule has 0 aliphatic rings. The second-order valence-electron chi connectivity index (χ2n) is 4.86. The summed E-state index contributed by atoms with van der Waals surface area (Å²) in [6.07, 6.45) is 5.94. The van der Waals surface area contributed by atoms with Crippen molar-refractivity contribution in [1.29, 1.82) is 0 Å². The Kier molecular flexibility index (Phi) is 6.02. The van der Waals surface area contributed by atoms with Gasteiger partial charge < -0.3 is 5.32 Å². The van der Waals surface area contributed by atoms with E-state index in [4.69, 9.17) is 0 Å². The highest BCUT2D eigenvalue weighted by atomic mass is 32.2. The van der Waals surface area contributed by atoms with Gasteiger partial charge in [0.2, 0.25) is 0 Å². The van der Waals surface area contributed by atoms with Crippen LogP contribution in [0, 0.1) is 5.41 Å². The molecular weight excluding hydrogens is 166 g/mol. The van der Waals surface area contributed by atoms with Crippen molar-refractivity contribution in [2.24, 2.45) is 5.41 Å². The molecule has 0 aliphatic heterocycles. The first-order valence-corrected chi connectivity index (χ1v) is 7.19. The zero-order valence-electron chi connectivity index (χ0n) is 9.28. The van der Waals surface area contributed by atoms with Crippen molar-refractivity contribution in [3.63, 3.8) is 0 Å². The lowest BCUT2D eigenvalue weighted by Crippen LogP contribution is -2.23. The molecule has 0 saturated heterocycles.